The lowest BCUT2D eigenvalue weighted by molar-refractivity contribution is 0.0168. The van der Waals surface area contributed by atoms with Crippen molar-refractivity contribution in [2.75, 3.05) is 32.8 Å². The SMILES string of the molecule is FC(F)COCCCNCCCNC1CC1. The molecular weight excluding hydrogens is 214 g/mol. The Kier molecular flexibility index (Phi) is 7.63. The van der Waals surface area contributed by atoms with Crippen molar-refractivity contribution in [2.24, 2.45) is 0 Å². The molecule has 96 valence electrons. The van der Waals surface area contributed by atoms with E-state index in [4.69, 9.17) is 4.74 Å². The lowest BCUT2D eigenvalue weighted by Crippen LogP contribution is -2.24. The van der Waals surface area contributed by atoms with Crippen LogP contribution in [0.3, 0.4) is 0 Å². The molecule has 3 nitrogen and oxygen atoms in total. The summed E-state index contributed by atoms with van der Waals surface area (Å²) in [6.07, 6.45) is 2.22. The monoisotopic (exact) mass is 236 g/mol. The zero-order chi connectivity index (χ0) is 11.6. The molecule has 0 heterocycles. The highest BCUT2D eigenvalue weighted by Crippen LogP contribution is 2.18. The first-order valence-corrected chi connectivity index (χ1v) is 6.09. The van der Waals surface area contributed by atoms with Gasteiger partial charge in [-0.15, -0.1) is 0 Å². The van der Waals surface area contributed by atoms with Gasteiger partial charge in [0.1, 0.15) is 6.61 Å². The normalized spacial score (nSPS) is 15.9. The van der Waals surface area contributed by atoms with Crippen LogP contribution >= 0.6 is 0 Å². The number of alkyl halides is 2. The Labute approximate surface area is 95.9 Å². The fourth-order valence-corrected chi connectivity index (χ4v) is 1.40. The molecule has 1 rings (SSSR count). The van der Waals surface area contributed by atoms with Gasteiger partial charge in [0, 0.05) is 12.6 Å². The molecule has 1 aliphatic carbocycles. The van der Waals surface area contributed by atoms with Crippen molar-refractivity contribution in [3.63, 3.8) is 0 Å². The van der Waals surface area contributed by atoms with Crippen LogP contribution in [-0.2, 0) is 4.74 Å². The number of halogens is 2. The Balaban J connectivity index is 1.64. The Morgan fingerprint density at radius 2 is 1.88 bits per heavy atom. The van der Waals surface area contributed by atoms with E-state index in [9.17, 15) is 8.78 Å². The molecule has 0 saturated heterocycles. The fraction of sp³-hybridized carbons (Fsp3) is 1.00. The van der Waals surface area contributed by atoms with Crippen molar-refractivity contribution in [1.82, 2.24) is 10.6 Å². The van der Waals surface area contributed by atoms with Crippen LogP contribution < -0.4 is 10.6 Å². The van der Waals surface area contributed by atoms with Crippen LogP contribution in [0.2, 0.25) is 0 Å². The highest BCUT2D eigenvalue weighted by atomic mass is 19.3. The molecule has 0 atom stereocenters. The van der Waals surface area contributed by atoms with Crippen LogP contribution in [0.15, 0.2) is 0 Å². The fourth-order valence-electron chi connectivity index (χ4n) is 1.40. The van der Waals surface area contributed by atoms with Gasteiger partial charge >= 0.3 is 0 Å². The van der Waals surface area contributed by atoms with Crippen LogP contribution in [0, 0.1) is 0 Å². The summed E-state index contributed by atoms with van der Waals surface area (Å²) in [5, 5.41) is 6.69. The van der Waals surface area contributed by atoms with Crippen molar-refractivity contribution in [2.45, 2.75) is 38.2 Å². The van der Waals surface area contributed by atoms with E-state index in [2.05, 4.69) is 10.6 Å². The van der Waals surface area contributed by atoms with E-state index in [1.54, 1.807) is 0 Å². The number of ether oxygens (including phenoxy) is 1. The maximum Gasteiger partial charge on any atom is 0.261 e. The number of hydrogen-bond acceptors (Lipinski definition) is 3. The molecule has 0 aromatic rings. The molecule has 0 amide bonds. The third-order valence-electron chi connectivity index (χ3n) is 2.43. The van der Waals surface area contributed by atoms with Crippen molar-refractivity contribution in [1.29, 1.82) is 0 Å². The average Bonchev–Trinajstić information content (AvgIpc) is 3.04. The summed E-state index contributed by atoms with van der Waals surface area (Å²) in [5.74, 6) is 0. The van der Waals surface area contributed by atoms with Crippen molar-refractivity contribution in [3.05, 3.63) is 0 Å². The van der Waals surface area contributed by atoms with Gasteiger partial charge in [-0.1, -0.05) is 0 Å². The molecule has 0 spiro atoms. The first-order valence-electron chi connectivity index (χ1n) is 6.09. The summed E-state index contributed by atoms with van der Waals surface area (Å²) in [6.45, 7) is 2.86. The molecule has 1 aliphatic rings. The summed E-state index contributed by atoms with van der Waals surface area (Å²) < 4.78 is 28.1. The molecule has 5 heteroatoms. The van der Waals surface area contributed by atoms with E-state index in [1.807, 2.05) is 0 Å². The quantitative estimate of drug-likeness (QED) is 0.532. The first kappa shape index (κ1) is 13.8. The molecule has 0 aromatic heterocycles. The van der Waals surface area contributed by atoms with E-state index in [0.717, 1.165) is 38.5 Å². The van der Waals surface area contributed by atoms with Gasteiger partial charge in [0.2, 0.25) is 0 Å². The van der Waals surface area contributed by atoms with Gasteiger partial charge in [-0.05, 0) is 45.3 Å². The second kappa shape index (κ2) is 8.84. The van der Waals surface area contributed by atoms with Gasteiger partial charge in [-0.25, -0.2) is 8.78 Å². The molecule has 0 radical (unpaired) electrons. The van der Waals surface area contributed by atoms with Gasteiger partial charge in [-0.3, -0.25) is 0 Å². The maximum atomic E-state index is 11.7. The molecule has 0 bridgehead atoms. The second-order valence-electron chi connectivity index (χ2n) is 4.15. The lowest BCUT2D eigenvalue weighted by Gasteiger charge is -2.06. The van der Waals surface area contributed by atoms with E-state index >= 15 is 0 Å². The summed E-state index contributed by atoms with van der Waals surface area (Å²) in [4.78, 5) is 0. The first-order chi connectivity index (χ1) is 7.79. The predicted molar refractivity (Wildman–Crippen MR) is 60.0 cm³/mol. The van der Waals surface area contributed by atoms with E-state index in [1.165, 1.54) is 12.8 Å². The number of rotatable bonds is 11. The second-order valence-corrected chi connectivity index (χ2v) is 4.15. The standard InChI is InChI=1S/C11H22F2N2O/c12-11(13)9-16-8-2-6-14-5-1-7-15-10-3-4-10/h10-11,14-15H,1-9H2. The van der Waals surface area contributed by atoms with Gasteiger partial charge < -0.3 is 15.4 Å². The number of hydrogen-bond donors (Lipinski definition) is 2. The largest absolute Gasteiger partial charge is 0.375 e. The maximum absolute atomic E-state index is 11.7. The predicted octanol–water partition coefficient (Wildman–Crippen LogP) is 1.39. The van der Waals surface area contributed by atoms with Gasteiger partial charge in [0.25, 0.3) is 6.43 Å². The Bertz CT molecular complexity index is 156. The molecule has 0 unspecified atom stereocenters. The third kappa shape index (κ3) is 9.00. The highest BCUT2D eigenvalue weighted by molar-refractivity contribution is 4.80. The molecule has 16 heavy (non-hydrogen) atoms. The van der Waals surface area contributed by atoms with Crippen LogP contribution in [0.1, 0.15) is 25.7 Å². The van der Waals surface area contributed by atoms with Crippen molar-refractivity contribution >= 4 is 0 Å². The Morgan fingerprint density at radius 1 is 1.12 bits per heavy atom. The summed E-state index contributed by atoms with van der Waals surface area (Å²) in [6, 6.07) is 0.780. The highest BCUT2D eigenvalue weighted by Gasteiger charge is 2.19. The van der Waals surface area contributed by atoms with Gasteiger partial charge in [0.05, 0.1) is 0 Å². The van der Waals surface area contributed by atoms with Crippen molar-refractivity contribution < 1.29 is 13.5 Å². The number of nitrogens with one attached hydrogen (secondary N) is 2. The summed E-state index contributed by atoms with van der Waals surface area (Å²) in [5.41, 5.74) is 0. The van der Waals surface area contributed by atoms with Crippen LogP contribution in [0.4, 0.5) is 8.78 Å². The summed E-state index contributed by atoms with van der Waals surface area (Å²) in [7, 11) is 0. The van der Waals surface area contributed by atoms with Gasteiger partial charge in [0.15, 0.2) is 0 Å². The third-order valence-corrected chi connectivity index (χ3v) is 2.43. The Morgan fingerprint density at radius 3 is 2.56 bits per heavy atom. The zero-order valence-electron chi connectivity index (χ0n) is 9.68. The molecule has 0 aromatic carbocycles. The minimum absolute atomic E-state index is 0.414. The van der Waals surface area contributed by atoms with E-state index < -0.39 is 13.0 Å². The molecule has 1 saturated carbocycles. The lowest BCUT2D eigenvalue weighted by atomic mass is 10.4. The average molecular weight is 236 g/mol. The smallest absolute Gasteiger partial charge is 0.261 e. The molecule has 0 aliphatic heterocycles. The topological polar surface area (TPSA) is 33.3 Å². The van der Waals surface area contributed by atoms with E-state index in [-0.39, 0.29) is 0 Å². The van der Waals surface area contributed by atoms with Crippen LogP contribution in [0.25, 0.3) is 0 Å². The van der Waals surface area contributed by atoms with Crippen molar-refractivity contribution in [3.8, 4) is 0 Å². The van der Waals surface area contributed by atoms with Gasteiger partial charge in [-0.2, -0.15) is 0 Å². The van der Waals surface area contributed by atoms with Crippen LogP contribution in [-0.4, -0.2) is 45.3 Å². The minimum Gasteiger partial charge on any atom is -0.375 e. The Hall–Kier alpha value is -0.260. The minimum atomic E-state index is -2.35. The zero-order valence-corrected chi connectivity index (χ0v) is 9.68. The van der Waals surface area contributed by atoms with Crippen LogP contribution in [0.5, 0.6) is 0 Å². The molecular formula is C11H22F2N2O. The molecule has 2 N–H and O–H groups in total. The van der Waals surface area contributed by atoms with E-state index in [0.29, 0.717) is 6.61 Å². The summed E-state index contributed by atoms with van der Waals surface area (Å²) >= 11 is 0. The molecule has 1 fully saturated rings.